The van der Waals surface area contributed by atoms with Crippen LogP contribution in [0, 0.1) is 0 Å². The zero-order chi connectivity index (χ0) is 19.8. The van der Waals surface area contributed by atoms with E-state index in [0.29, 0.717) is 17.3 Å². The molecular weight excluding hydrogens is 370 g/mol. The van der Waals surface area contributed by atoms with Crippen LogP contribution in [0.5, 0.6) is 0 Å². The minimum absolute atomic E-state index is 0.167. The fraction of sp³-hybridized carbons (Fsp3) is 0.217. The van der Waals surface area contributed by atoms with Crippen LogP contribution < -0.4 is 10.2 Å². The molecule has 0 aliphatic heterocycles. The Morgan fingerprint density at radius 3 is 2.57 bits per heavy atom. The lowest BCUT2D eigenvalue weighted by molar-refractivity contribution is 0.0949. The Hall–Kier alpha value is -2.85. The first-order chi connectivity index (χ1) is 13.7. The van der Waals surface area contributed by atoms with Gasteiger partial charge in [0.15, 0.2) is 0 Å². The molecule has 1 amide bonds. The molecule has 0 bridgehead atoms. The van der Waals surface area contributed by atoms with Crippen molar-refractivity contribution in [1.82, 2.24) is 10.3 Å². The van der Waals surface area contributed by atoms with Crippen LogP contribution in [0.4, 0.5) is 5.69 Å². The first kappa shape index (κ1) is 19.9. The number of anilines is 1. The Morgan fingerprint density at radius 2 is 1.82 bits per heavy atom. The quantitative estimate of drug-likeness (QED) is 0.601. The van der Waals surface area contributed by atoms with Crippen LogP contribution in [-0.4, -0.2) is 24.0 Å². The third-order valence-corrected chi connectivity index (χ3v) is 4.76. The van der Waals surface area contributed by atoms with E-state index in [1.54, 1.807) is 6.20 Å². The Bertz CT molecular complexity index is 914. The van der Waals surface area contributed by atoms with Gasteiger partial charge in [0, 0.05) is 36.5 Å². The maximum atomic E-state index is 12.5. The lowest BCUT2D eigenvalue weighted by atomic mass is 10.1. The summed E-state index contributed by atoms with van der Waals surface area (Å²) >= 11 is 6.00. The maximum absolute atomic E-state index is 12.5. The first-order valence-electron chi connectivity index (χ1n) is 9.43. The molecular formula is C23H24ClN3O. The van der Waals surface area contributed by atoms with E-state index in [1.807, 2.05) is 54.6 Å². The number of hydrogen-bond donors (Lipinski definition) is 1. The van der Waals surface area contributed by atoms with Crippen molar-refractivity contribution >= 4 is 23.2 Å². The van der Waals surface area contributed by atoms with Gasteiger partial charge >= 0.3 is 0 Å². The SMILES string of the molecule is CCN(Cc1ccccc1)c1ccnc(C(=O)NCCc2cccc(Cl)c2)c1. The summed E-state index contributed by atoms with van der Waals surface area (Å²) in [6.45, 7) is 4.27. The van der Waals surface area contributed by atoms with Gasteiger partial charge in [0.05, 0.1) is 0 Å². The fourth-order valence-corrected chi connectivity index (χ4v) is 3.25. The Labute approximate surface area is 171 Å². The van der Waals surface area contributed by atoms with Crippen molar-refractivity contribution in [3.63, 3.8) is 0 Å². The summed E-state index contributed by atoms with van der Waals surface area (Å²) < 4.78 is 0. The first-order valence-corrected chi connectivity index (χ1v) is 9.81. The Morgan fingerprint density at radius 1 is 1.04 bits per heavy atom. The highest BCUT2D eigenvalue weighted by Gasteiger charge is 2.11. The van der Waals surface area contributed by atoms with Gasteiger partial charge in [-0.1, -0.05) is 54.1 Å². The molecule has 5 heteroatoms. The summed E-state index contributed by atoms with van der Waals surface area (Å²) in [6, 6.07) is 21.7. The van der Waals surface area contributed by atoms with E-state index >= 15 is 0 Å². The Kier molecular flexibility index (Phi) is 7.04. The number of hydrogen-bond acceptors (Lipinski definition) is 3. The van der Waals surface area contributed by atoms with Gasteiger partial charge in [0.1, 0.15) is 5.69 Å². The van der Waals surface area contributed by atoms with Gasteiger partial charge in [-0.15, -0.1) is 0 Å². The van der Waals surface area contributed by atoms with Crippen molar-refractivity contribution in [2.24, 2.45) is 0 Å². The standard InChI is InChI=1S/C23H24ClN3O/c1-2-27(17-19-7-4-3-5-8-19)21-12-14-25-22(16-21)23(28)26-13-11-18-9-6-10-20(24)15-18/h3-10,12,14-16H,2,11,13,17H2,1H3,(H,26,28). The molecule has 0 unspecified atom stereocenters. The molecule has 0 saturated heterocycles. The third-order valence-electron chi connectivity index (χ3n) is 4.53. The number of carbonyl (C=O) groups excluding carboxylic acids is 1. The lowest BCUT2D eigenvalue weighted by Gasteiger charge is -2.23. The van der Waals surface area contributed by atoms with Gasteiger partial charge in [-0.3, -0.25) is 9.78 Å². The molecule has 3 aromatic rings. The molecule has 0 spiro atoms. The summed E-state index contributed by atoms with van der Waals surface area (Å²) in [5.74, 6) is -0.167. The highest BCUT2D eigenvalue weighted by molar-refractivity contribution is 6.30. The second-order valence-corrected chi connectivity index (χ2v) is 6.97. The van der Waals surface area contributed by atoms with E-state index in [2.05, 4.69) is 34.3 Å². The lowest BCUT2D eigenvalue weighted by Crippen LogP contribution is -2.27. The van der Waals surface area contributed by atoms with Crippen molar-refractivity contribution in [3.8, 4) is 0 Å². The number of benzene rings is 2. The normalized spacial score (nSPS) is 10.5. The summed E-state index contributed by atoms with van der Waals surface area (Å²) in [7, 11) is 0. The van der Waals surface area contributed by atoms with Crippen LogP contribution in [0.15, 0.2) is 72.9 Å². The predicted octanol–water partition coefficient (Wildman–Crippen LogP) is 4.73. The molecule has 1 heterocycles. The fourth-order valence-electron chi connectivity index (χ4n) is 3.03. The second kappa shape index (κ2) is 9.90. The van der Waals surface area contributed by atoms with Crippen LogP contribution >= 0.6 is 11.6 Å². The highest BCUT2D eigenvalue weighted by atomic mass is 35.5. The minimum atomic E-state index is -0.167. The summed E-state index contributed by atoms with van der Waals surface area (Å²) in [4.78, 5) is 19.0. The zero-order valence-corrected chi connectivity index (χ0v) is 16.7. The van der Waals surface area contributed by atoms with Gasteiger partial charge in [-0.25, -0.2) is 0 Å². The van der Waals surface area contributed by atoms with Crippen LogP contribution in [0.1, 0.15) is 28.5 Å². The van der Waals surface area contributed by atoms with E-state index in [4.69, 9.17) is 11.6 Å². The maximum Gasteiger partial charge on any atom is 0.269 e. The topological polar surface area (TPSA) is 45.2 Å². The van der Waals surface area contributed by atoms with Crippen LogP contribution in [-0.2, 0) is 13.0 Å². The summed E-state index contributed by atoms with van der Waals surface area (Å²) in [6.07, 6.45) is 2.41. The van der Waals surface area contributed by atoms with Crippen molar-refractivity contribution in [1.29, 1.82) is 0 Å². The molecule has 28 heavy (non-hydrogen) atoms. The number of pyridine rings is 1. The van der Waals surface area contributed by atoms with E-state index in [0.717, 1.165) is 30.8 Å². The summed E-state index contributed by atoms with van der Waals surface area (Å²) in [5, 5.41) is 3.64. The predicted molar refractivity (Wildman–Crippen MR) is 115 cm³/mol. The Balaban J connectivity index is 1.61. The van der Waals surface area contributed by atoms with Crippen LogP contribution in [0.3, 0.4) is 0 Å². The van der Waals surface area contributed by atoms with Gasteiger partial charge in [-0.05, 0) is 48.7 Å². The van der Waals surface area contributed by atoms with Gasteiger partial charge in [-0.2, -0.15) is 0 Å². The number of amides is 1. The molecule has 0 fully saturated rings. The molecule has 4 nitrogen and oxygen atoms in total. The number of rotatable bonds is 8. The van der Waals surface area contributed by atoms with Crippen LogP contribution in [0.25, 0.3) is 0 Å². The number of aromatic nitrogens is 1. The molecule has 0 saturated carbocycles. The second-order valence-electron chi connectivity index (χ2n) is 6.53. The van der Waals surface area contributed by atoms with E-state index in [9.17, 15) is 4.79 Å². The summed E-state index contributed by atoms with van der Waals surface area (Å²) in [5.41, 5.74) is 3.74. The molecule has 0 atom stereocenters. The van der Waals surface area contributed by atoms with E-state index in [1.165, 1.54) is 5.56 Å². The van der Waals surface area contributed by atoms with E-state index in [-0.39, 0.29) is 5.91 Å². The number of carbonyl (C=O) groups is 1. The van der Waals surface area contributed by atoms with Crippen LogP contribution in [0.2, 0.25) is 5.02 Å². The number of halogens is 1. The smallest absolute Gasteiger partial charge is 0.269 e. The molecule has 2 aromatic carbocycles. The average molecular weight is 394 g/mol. The molecule has 0 aliphatic rings. The van der Waals surface area contributed by atoms with Crippen molar-refractivity contribution in [3.05, 3.63) is 94.8 Å². The molecule has 3 rings (SSSR count). The zero-order valence-electron chi connectivity index (χ0n) is 15.9. The molecule has 1 N–H and O–H groups in total. The van der Waals surface area contributed by atoms with Crippen molar-refractivity contribution in [2.45, 2.75) is 19.9 Å². The monoisotopic (exact) mass is 393 g/mol. The van der Waals surface area contributed by atoms with Crippen molar-refractivity contribution in [2.75, 3.05) is 18.0 Å². The average Bonchev–Trinajstić information content (AvgIpc) is 2.73. The highest BCUT2D eigenvalue weighted by Crippen LogP contribution is 2.17. The number of nitrogens with zero attached hydrogens (tertiary/aromatic N) is 2. The van der Waals surface area contributed by atoms with Crippen molar-refractivity contribution < 1.29 is 4.79 Å². The molecule has 1 aromatic heterocycles. The molecule has 0 radical (unpaired) electrons. The number of nitrogens with one attached hydrogen (secondary N) is 1. The molecule has 144 valence electrons. The largest absolute Gasteiger partial charge is 0.367 e. The van der Waals surface area contributed by atoms with E-state index < -0.39 is 0 Å². The van der Waals surface area contributed by atoms with Gasteiger partial charge in [0.2, 0.25) is 0 Å². The minimum Gasteiger partial charge on any atom is -0.367 e. The van der Waals surface area contributed by atoms with Gasteiger partial charge in [0.25, 0.3) is 5.91 Å². The van der Waals surface area contributed by atoms with Gasteiger partial charge < -0.3 is 10.2 Å². The molecule has 0 aliphatic carbocycles. The third kappa shape index (κ3) is 5.57.